The maximum atomic E-state index is 11.4. The number of rotatable bonds is 5. The van der Waals surface area contributed by atoms with Gasteiger partial charge in [-0.1, -0.05) is 11.1 Å². The van der Waals surface area contributed by atoms with E-state index in [1.54, 1.807) is 0 Å². The lowest BCUT2D eigenvalue weighted by atomic mass is 9.69. The second-order valence-corrected chi connectivity index (χ2v) is 5.25. The third-order valence-electron chi connectivity index (χ3n) is 3.95. The summed E-state index contributed by atoms with van der Waals surface area (Å²) in [6.45, 7) is 5.18. The largest absolute Gasteiger partial charge is 0.303 e. The van der Waals surface area contributed by atoms with Crippen LogP contribution in [0.15, 0.2) is 11.1 Å². The zero-order valence-electron chi connectivity index (χ0n) is 11.1. The molecule has 0 bridgehead atoms. The van der Waals surface area contributed by atoms with Gasteiger partial charge in [-0.15, -0.1) is 0 Å². The predicted octanol–water partition coefficient (Wildman–Crippen LogP) is 2.32. The highest BCUT2D eigenvalue weighted by Crippen LogP contribution is 2.41. The van der Waals surface area contributed by atoms with Crippen LogP contribution in [-0.2, 0) is 9.59 Å². The van der Waals surface area contributed by atoms with Crippen LogP contribution in [0, 0.1) is 16.0 Å². The number of ketones is 1. The van der Waals surface area contributed by atoms with Crippen LogP contribution in [0.1, 0.15) is 46.5 Å². The summed E-state index contributed by atoms with van der Waals surface area (Å²) in [6.07, 6.45) is 1.66. The quantitative estimate of drug-likeness (QED) is 0.326. The third kappa shape index (κ3) is 2.66. The first-order valence-corrected chi connectivity index (χ1v) is 6.08. The van der Waals surface area contributed by atoms with Gasteiger partial charge in [0.05, 0.1) is 5.92 Å². The van der Waals surface area contributed by atoms with Crippen LogP contribution in [-0.4, -0.2) is 22.5 Å². The molecule has 0 aromatic carbocycles. The van der Waals surface area contributed by atoms with Crippen molar-refractivity contribution in [2.45, 2.75) is 52.0 Å². The van der Waals surface area contributed by atoms with Gasteiger partial charge < -0.3 is 9.59 Å². The standard InChI is InChI=1S/C13H19NO4/c1-9-6-12(8-15)13(14(17)18,7-10(9)2)5-4-11(3)16/h8,12H,4-7H2,1-3H3/t12-,13-/m0/s1. The summed E-state index contributed by atoms with van der Waals surface area (Å²) in [6, 6.07) is 0. The molecule has 100 valence electrons. The van der Waals surface area contributed by atoms with Gasteiger partial charge in [-0.3, -0.25) is 10.1 Å². The first kappa shape index (κ1) is 14.5. The maximum absolute atomic E-state index is 11.4. The molecule has 1 aliphatic carbocycles. The SMILES string of the molecule is CC(=O)CC[C@]1([N+](=O)[O-])CC(C)=C(C)C[C@H]1C=O. The van der Waals surface area contributed by atoms with Crippen LogP contribution in [0.25, 0.3) is 0 Å². The molecule has 0 aliphatic heterocycles. The molecule has 5 heteroatoms. The van der Waals surface area contributed by atoms with Crippen LogP contribution < -0.4 is 0 Å². The molecule has 0 spiro atoms. The molecule has 0 aromatic rings. The first-order chi connectivity index (χ1) is 8.33. The van der Waals surface area contributed by atoms with Gasteiger partial charge in [-0.25, -0.2) is 0 Å². The first-order valence-electron chi connectivity index (χ1n) is 6.08. The number of nitro groups is 1. The second kappa shape index (κ2) is 5.42. The molecule has 0 saturated carbocycles. The van der Waals surface area contributed by atoms with Crippen LogP contribution in [0.3, 0.4) is 0 Å². The molecular formula is C13H19NO4. The maximum Gasteiger partial charge on any atom is 0.236 e. The van der Waals surface area contributed by atoms with E-state index in [0.717, 1.165) is 11.1 Å². The Balaban J connectivity index is 3.11. The number of carbonyl (C=O) groups is 2. The Morgan fingerprint density at radius 1 is 1.50 bits per heavy atom. The van der Waals surface area contributed by atoms with Crippen LogP contribution in [0.2, 0.25) is 0 Å². The lowest BCUT2D eigenvalue weighted by molar-refractivity contribution is -0.579. The molecule has 1 aliphatic rings. The highest BCUT2D eigenvalue weighted by Gasteiger charge is 2.52. The molecule has 0 unspecified atom stereocenters. The Hall–Kier alpha value is -1.52. The fraction of sp³-hybridized carbons (Fsp3) is 0.692. The fourth-order valence-electron chi connectivity index (χ4n) is 2.57. The second-order valence-electron chi connectivity index (χ2n) is 5.25. The highest BCUT2D eigenvalue weighted by molar-refractivity contribution is 5.75. The molecule has 0 N–H and O–H groups in total. The number of carbonyl (C=O) groups excluding carboxylic acids is 2. The molecule has 0 aromatic heterocycles. The van der Waals surface area contributed by atoms with Crippen molar-refractivity contribution in [1.29, 1.82) is 0 Å². The van der Waals surface area contributed by atoms with Gasteiger partial charge in [0.1, 0.15) is 12.1 Å². The third-order valence-corrected chi connectivity index (χ3v) is 3.95. The molecule has 0 radical (unpaired) electrons. The van der Waals surface area contributed by atoms with Gasteiger partial charge in [0, 0.05) is 24.2 Å². The molecule has 1 rings (SSSR count). The van der Waals surface area contributed by atoms with Crippen molar-refractivity contribution in [2.24, 2.45) is 5.92 Å². The smallest absolute Gasteiger partial charge is 0.236 e. The number of hydrogen-bond donors (Lipinski definition) is 0. The zero-order valence-corrected chi connectivity index (χ0v) is 11.1. The average molecular weight is 253 g/mol. The highest BCUT2D eigenvalue weighted by atomic mass is 16.6. The van der Waals surface area contributed by atoms with Crippen molar-refractivity contribution in [3.63, 3.8) is 0 Å². The summed E-state index contributed by atoms with van der Waals surface area (Å²) in [5.74, 6) is -0.708. The van der Waals surface area contributed by atoms with E-state index in [2.05, 4.69) is 0 Å². The van der Waals surface area contributed by atoms with E-state index in [9.17, 15) is 19.7 Å². The van der Waals surface area contributed by atoms with Gasteiger partial charge in [-0.05, 0) is 27.2 Å². The number of aldehydes is 1. The molecule has 0 heterocycles. The minimum atomic E-state index is -1.29. The van der Waals surface area contributed by atoms with E-state index in [4.69, 9.17) is 0 Å². The predicted molar refractivity (Wildman–Crippen MR) is 66.8 cm³/mol. The topological polar surface area (TPSA) is 77.3 Å². The monoisotopic (exact) mass is 253 g/mol. The zero-order chi connectivity index (χ0) is 13.9. The molecule has 0 saturated heterocycles. The molecule has 0 fully saturated rings. The van der Waals surface area contributed by atoms with Crippen molar-refractivity contribution in [2.75, 3.05) is 0 Å². The lowest BCUT2D eigenvalue weighted by Gasteiger charge is -2.35. The Morgan fingerprint density at radius 3 is 2.56 bits per heavy atom. The Labute approximate surface area is 106 Å². The van der Waals surface area contributed by atoms with E-state index in [1.807, 2.05) is 13.8 Å². The van der Waals surface area contributed by atoms with Crippen LogP contribution in [0.5, 0.6) is 0 Å². The Kier molecular flexibility index (Phi) is 4.38. The fourth-order valence-corrected chi connectivity index (χ4v) is 2.57. The van der Waals surface area contributed by atoms with Crippen LogP contribution in [0.4, 0.5) is 0 Å². The van der Waals surface area contributed by atoms with Crippen molar-refractivity contribution >= 4 is 12.1 Å². The Bertz CT molecular complexity index is 413. The van der Waals surface area contributed by atoms with Crippen molar-refractivity contribution < 1.29 is 14.5 Å². The number of allylic oxidation sites excluding steroid dienone is 1. The summed E-state index contributed by atoms with van der Waals surface area (Å²) >= 11 is 0. The average Bonchev–Trinajstić information content (AvgIpc) is 2.29. The molecule has 0 amide bonds. The van der Waals surface area contributed by atoms with Gasteiger partial charge in [0.15, 0.2) is 0 Å². The molecule has 18 heavy (non-hydrogen) atoms. The summed E-state index contributed by atoms with van der Waals surface area (Å²) in [5, 5.41) is 11.4. The van der Waals surface area contributed by atoms with Gasteiger partial charge in [-0.2, -0.15) is 0 Å². The van der Waals surface area contributed by atoms with Crippen molar-refractivity contribution in [1.82, 2.24) is 0 Å². The minimum absolute atomic E-state index is 0.0789. The van der Waals surface area contributed by atoms with Crippen molar-refractivity contribution in [3.05, 3.63) is 21.3 Å². The lowest BCUT2D eigenvalue weighted by Crippen LogP contribution is -2.49. The van der Waals surface area contributed by atoms with E-state index in [1.165, 1.54) is 6.92 Å². The summed E-state index contributed by atoms with van der Waals surface area (Å²) < 4.78 is 0. The molecule has 2 atom stereocenters. The molecule has 5 nitrogen and oxygen atoms in total. The van der Waals surface area contributed by atoms with Crippen LogP contribution >= 0.6 is 0 Å². The normalized spacial score (nSPS) is 28.1. The van der Waals surface area contributed by atoms with Gasteiger partial charge >= 0.3 is 0 Å². The summed E-state index contributed by atoms with van der Waals surface area (Å²) in [7, 11) is 0. The van der Waals surface area contributed by atoms with Gasteiger partial charge in [0.25, 0.3) is 0 Å². The van der Waals surface area contributed by atoms with E-state index < -0.39 is 11.5 Å². The number of hydrogen-bond acceptors (Lipinski definition) is 4. The summed E-state index contributed by atoms with van der Waals surface area (Å²) in [4.78, 5) is 33.3. The van der Waals surface area contributed by atoms with E-state index >= 15 is 0 Å². The minimum Gasteiger partial charge on any atom is -0.303 e. The summed E-state index contributed by atoms with van der Waals surface area (Å²) in [5.41, 5.74) is 0.720. The Morgan fingerprint density at radius 2 is 2.11 bits per heavy atom. The van der Waals surface area contributed by atoms with E-state index in [0.29, 0.717) is 12.7 Å². The van der Waals surface area contributed by atoms with Gasteiger partial charge in [0.2, 0.25) is 5.54 Å². The van der Waals surface area contributed by atoms with E-state index in [-0.39, 0.29) is 30.0 Å². The number of nitrogens with zero attached hydrogens (tertiary/aromatic N) is 1. The van der Waals surface area contributed by atoms with Crippen molar-refractivity contribution in [3.8, 4) is 0 Å². The number of Topliss-reactive ketones (excluding diaryl/α,β-unsaturated/α-hetero) is 1. The molecular weight excluding hydrogens is 234 g/mol.